The van der Waals surface area contributed by atoms with Crippen LogP contribution in [0.1, 0.15) is 6.92 Å². The van der Waals surface area contributed by atoms with Crippen LogP contribution in [0.25, 0.3) is 11.4 Å². The molecule has 0 aliphatic carbocycles. The van der Waals surface area contributed by atoms with Crippen molar-refractivity contribution >= 4 is 11.8 Å². The van der Waals surface area contributed by atoms with E-state index in [1.807, 2.05) is 18.2 Å². The summed E-state index contributed by atoms with van der Waals surface area (Å²) in [6.45, 7) is 3.31. The first-order valence-electron chi connectivity index (χ1n) is 7.71. The van der Waals surface area contributed by atoms with Gasteiger partial charge < -0.3 is 9.80 Å². The zero-order chi connectivity index (χ0) is 17.1. The number of nitrogens with zero attached hydrogens (tertiary/aromatic N) is 4. The van der Waals surface area contributed by atoms with Gasteiger partial charge in [-0.15, -0.1) is 0 Å². The molecule has 126 valence electrons. The Bertz CT molecular complexity index is 788. The lowest BCUT2D eigenvalue weighted by molar-refractivity contribution is -0.138. The Balaban J connectivity index is 1.73. The molecule has 0 atom stereocenters. The predicted octanol–water partition coefficient (Wildman–Crippen LogP) is 0.194. The zero-order valence-corrected chi connectivity index (χ0v) is 13.3. The normalized spacial score (nSPS) is 14.7. The first-order valence-corrected chi connectivity index (χ1v) is 7.71. The highest BCUT2D eigenvalue weighted by Gasteiger charge is 2.24. The molecule has 8 heteroatoms. The lowest BCUT2D eigenvalue weighted by Crippen LogP contribution is -2.51. The van der Waals surface area contributed by atoms with E-state index < -0.39 is 5.76 Å². The number of hydrogen-bond acceptors (Lipinski definition) is 5. The van der Waals surface area contributed by atoms with Gasteiger partial charge in [0, 0.05) is 38.7 Å². The maximum Gasteiger partial charge on any atom is 0.442 e. The molecule has 24 heavy (non-hydrogen) atoms. The summed E-state index contributed by atoms with van der Waals surface area (Å²) < 4.78 is 5.95. The number of carbonyl (C=O) groups excluding carboxylic acids is 2. The van der Waals surface area contributed by atoms with Crippen LogP contribution in [0.2, 0.25) is 0 Å². The second-order valence-electron chi connectivity index (χ2n) is 5.61. The quantitative estimate of drug-likeness (QED) is 0.802. The van der Waals surface area contributed by atoms with Gasteiger partial charge in [-0.1, -0.05) is 35.5 Å². The van der Waals surface area contributed by atoms with E-state index in [4.69, 9.17) is 4.52 Å². The second-order valence-corrected chi connectivity index (χ2v) is 5.61. The number of amides is 2. The van der Waals surface area contributed by atoms with Crippen LogP contribution >= 0.6 is 0 Å². The van der Waals surface area contributed by atoms with Crippen LogP contribution in [-0.2, 0) is 16.1 Å². The summed E-state index contributed by atoms with van der Waals surface area (Å²) in [4.78, 5) is 39.0. The van der Waals surface area contributed by atoms with Gasteiger partial charge in [0.2, 0.25) is 11.8 Å². The predicted molar refractivity (Wildman–Crippen MR) is 85.0 cm³/mol. The molecular formula is C16H18N4O4. The van der Waals surface area contributed by atoms with E-state index in [1.54, 1.807) is 21.9 Å². The molecule has 2 amide bonds. The van der Waals surface area contributed by atoms with Crippen molar-refractivity contribution < 1.29 is 14.1 Å². The van der Waals surface area contributed by atoms with E-state index in [0.29, 0.717) is 37.6 Å². The maximum absolute atomic E-state index is 12.5. The molecule has 1 aromatic heterocycles. The summed E-state index contributed by atoms with van der Waals surface area (Å²) in [6.07, 6.45) is 0. The van der Waals surface area contributed by atoms with Crippen LogP contribution in [0.3, 0.4) is 0 Å². The molecule has 0 N–H and O–H groups in total. The topological polar surface area (TPSA) is 88.7 Å². The molecule has 0 saturated carbocycles. The Labute approximate surface area is 138 Å². The molecular weight excluding hydrogens is 312 g/mol. The maximum atomic E-state index is 12.5. The minimum atomic E-state index is -0.662. The first kappa shape index (κ1) is 16.0. The number of benzene rings is 1. The lowest BCUT2D eigenvalue weighted by Gasteiger charge is -2.34. The van der Waals surface area contributed by atoms with Crippen molar-refractivity contribution in [2.75, 3.05) is 26.2 Å². The van der Waals surface area contributed by atoms with Crippen LogP contribution in [0, 0.1) is 0 Å². The van der Waals surface area contributed by atoms with Crippen LogP contribution < -0.4 is 5.76 Å². The zero-order valence-electron chi connectivity index (χ0n) is 13.3. The molecule has 2 aromatic rings. The van der Waals surface area contributed by atoms with E-state index >= 15 is 0 Å². The minimum absolute atomic E-state index is 0.00344. The standard InChI is InChI=1S/C16H18N4O4/c1-12(21)18-7-9-19(10-8-18)14(22)11-20-15(17-24-16(20)23)13-5-3-2-4-6-13/h2-6H,7-11H2,1H3. The molecule has 3 rings (SSSR count). The smallest absolute Gasteiger partial charge is 0.339 e. The Morgan fingerprint density at radius 1 is 1.08 bits per heavy atom. The monoisotopic (exact) mass is 330 g/mol. The molecule has 0 radical (unpaired) electrons. The van der Waals surface area contributed by atoms with Crippen molar-refractivity contribution in [3.63, 3.8) is 0 Å². The van der Waals surface area contributed by atoms with E-state index in [9.17, 15) is 14.4 Å². The average Bonchev–Trinajstić information content (AvgIpc) is 2.96. The lowest BCUT2D eigenvalue weighted by atomic mass is 10.2. The molecule has 1 aliphatic heterocycles. The van der Waals surface area contributed by atoms with Gasteiger partial charge in [0.1, 0.15) is 6.54 Å². The number of carbonyl (C=O) groups is 2. The molecule has 0 spiro atoms. The molecule has 1 fully saturated rings. The molecule has 1 aromatic carbocycles. The van der Waals surface area contributed by atoms with Crippen molar-refractivity contribution in [2.45, 2.75) is 13.5 Å². The van der Waals surface area contributed by atoms with Gasteiger partial charge >= 0.3 is 5.76 Å². The van der Waals surface area contributed by atoms with Gasteiger partial charge in [0.15, 0.2) is 5.82 Å². The molecule has 0 unspecified atom stereocenters. The number of hydrogen-bond donors (Lipinski definition) is 0. The third kappa shape index (κ3) is 3.22. The third-order valence-electron chi connectivity index (χ3n) is 4.09. The Morgan fingerprint density at radius 2 is 1.71 bits per heavy atom. The molecule has 1 saturated heterocycles. The van der Waals surface area contributed by atoms with Crippen molar-refractivity contribution in [2.24, 2.45) is 0 Å². The number of piperazine rings is 1. The van der Waals surface area contributed by atoms with Crippen LogP contribution in [0.4, 0.5) is 0 Å². The fraction of sp³-hybridized carbons (Fsp3) is 0.375. The second kappa shape index (κ2) is 6.69. The average molecular weight is 330 g/mol. The van der Waals surface area contributed by atoms with E-state index in [-0.39, 0.29) is 18.4 Å². The Hall–Kier alpha value is -2.90. The van der Waals surface area contributed by atoms with E-state index in [2.05, 4.69) is 5.16 Å². The summed E-state index contributed by atoms with van der Waals surface area (Å²) in [5.41, 5.74) is 0.706. The summed E-state index contributed by atoms with van der Waals surface area (Å²) in [5, 5.41) is 3.77. The van der Waals surface area contributed by atoms with Gasteiger partial charge in [0.25, 0.3) is 0 Å². The van der Waals surface area contributed by atoms with Crippen molar-refractivity contribution in [3.8, 4) is 11.4 Å². The molecule has 8 nitrogen and oxygen atoms in total. The highest BCUT2D eigenvalue weighted by atomic mass is 16.5. The van der Waals surface area contributed by atoms with Gasteiger partial charge in [-0.05, 0) is 0 Å². The third-order valence-corrected chi connectivity index (χ3v) is 4.09. The summed E-state index contributed by atoms with van der Waals surface area (Å²) in [5.74, 6) is -0.523. The fourth-order valence-electron chi connectivity index (χ4n) is 2.71. The van der Waals surface area contributed by atoms with Gasteiger partial charge in [-0.3, -0.25) is 14.1 Å². The largest absolute Gasteiger partial charge is 0.442 e. The van der Waals surface area contributed by atoms with Crippen LogP contribution in [0.15, 0.2) is 39.6 Å². The van der Waals surface area contributed by atoms with Crippen LogP contribution in [0.5, 0.6) is 0 Å². The van der Waals surface area contributed by atoms with Crippen molar-refractivity contribution in [1.82, 2.24) is 19.5 Å². The molecule has 1 aliphatic rings. The van der Waals surface area contributed by atoms with E-state index in [0.717, 1.165) is 0 Å². The SMILES string of the molecule is CC(=O)N1CCN(C(=O)Cn2c(-c3ccccc3)noc2=O)CC1. The van der Waals surface area contributed by atoms with Gasteiger partial charge in [-0.2, -0.15) is 0 Å². The fourth-order valence-corrected chi connectivity index (χ4v) is 2.71. The first-order chi connectivity index (χ1) is 11.6. The summed E-state index contributed by atoms with van der Waals surface area (Å²) in [6, 6.07) is 9.09. The molecule has 2 heterocycles. The number of aromatic nitrogens is 2. The summed E-state index contributed by atoms with van der Waals surface area (Å²) in [7, 11) is 0. The Kier molecular flexibility index (Phi) is 4.45. The highest BCUT2D eigenvalue weighted by molar-refractivity contribution is 5.78. The Morgan fingerprint density at radius 3 is 2.33 bits per heavy atom. The van der Waals surface area contributed by atoms with Gasteiger partial charge in [0.05, 0.1) is 0 Å². The summed E-state index contributed by atoms with van der Waals surface area (Å²) >= 11 is 0. The van der Waals surface area contributed by atoms with Crippen molar-refractivity contribution in [1.29, 1.82) is 0 Å². The highest BCUT2D eigenvalue weighted by Crippen LogP contribution is 2.15. The number of rotatable bonds is 3. The van der Waals surface area contributed by atoms with Crippen molar-refractivity contribution in [3.05, 3.63) is 40.9 Å². The minimum Gasteiger partial charge on any atom is -0.339 e. The molecule has 0 bridgehead atoms. The van der Waals surface area contributed by atoms with Gasteiger partial charge in [-0.25, -0.2) is 9.36 Å². The van der Waals surface area contributed by atoms with E-state index in [1.165, 1.54) is 11.5 Å². The van der Waals surface area contributed by atoms with Crippen LogP contribution in [-0.4, -0.2) is 57.5 Å².